The quantitative estimate of drug-likeness (QED) is 0.467. The average Bonchev–Trinajstić information content (AvgIpc) is 2.69. The Kier molecular flexibility index (Phi) is 6.38. The van der Waals surface area contributed by atoms with E-state index < -0.39 is 0 Å². The number of hydrogen-bond donors (Lipinski definition) is 2. The molecule has 6 nitrogen and oxygen atoms in total. The van der Waals surface area contributed by atoms with Gasteiger partial charge in [0.05, 0.1) is 18.6 Å². The van der Waals surface area contributed by atoms with E-state index in [-0.39, 0.29) is 17.2 Å². The molecule has 28 heavy (non-hydrogen) atoms. The van der Waals surface area contributed by atoms with Crippen molar-refractivity contribution in [2.24, 2.45) is 0 Å². The van der Waals surface area contributed by atoms with Crippen LogP contribution in [0.4, 0.5) is 5.69 Å². The monoisotopic (exact) mass is 415 g/mol. The minimum Gasteiger partial charge on any atom is -0.497 e. The van der Waals surface area contributed by atoms with E-state index >= 15 is 0 Å². The molecule has 2 N–H and O–H groups in total. The van der Waals surface area contributed by atoms with Gasteiger partial charge in [-0.2, -0.15) is 0 Å². The number of nitrogens with zero attached hydrogens (tertiary/aromatic N) is 1. The van der Waals surface area contributed by atoms with Crippen LogP contribution in [0.2, 0.25) is 5.02 Å². The maximum Gasteiger partial charge on any atom is 0.252 e. The van der Waals surface area contributed by atoms with E-state index in [1.54, 1.807) is 31.4 Å². The smallest absolute Gasteiger partial charge is 0.252 e. The number of thioether (sulfide) groups is 1. The number of methoxy groups -OCH3 is 1. The van der Waals surface area contributed by atoms with Crippen LogP contribution in [0.3, 0.4) is 0 Å². The van der Waals surface area contributed by atoms with Crippen LogP contribution >= 0.6 is 23.4 Å². The van der Waals surface area contributed by atoms with E-state index in [0.29, 0.717) is 21.6 Å². The van der Waals surface area contributed by atoms with Gasteiger partial charge in [0.25, 0.3) is 5.56 Å². The lowest BCUT2D eigenvalue weighted by Crippen LogP contribution is -2.16. The maximum atomic E-state index is 12.3. The summed E-state index contributed by atoms with van der Waals surface area (Å²) >= 11 is 7.12. The highest BCUT2D eigenvalue weighted by Gasteiger charge is 2.10. The Morgan fingerprint density at radius 3 is 2.68 bits per heavy atom. The van der Waals surface area contributed by atoms with E-state index in [2.05, 4.69) is 15.3 Å². The summed E-state index contributed by atoms with van der Waals surface area (Å²) in [5, 5.41) is 3.74. The first kappa shape index (κ1) is 20.0. The van der Waals surface area contributed by atoms with Crippen molar-refractivity contribution in [1.82, 2.24) is 9.97 Å². The first-order valence-electron chi connectivity index (χ1n) is 8.39. The van der Waals surface area contributed by atoms with Crippen LogP contribution in [0.25, 0.3) is 11.3 Å². The molecule has 0 unspecified atom stereocenters. The number of carbonyl (C=O) groups excluding carboxylic acids is 1. The Balaban J connectivity index is 1.70. The minimum atomic E-state index is -0.283. The molecular weight excluding hydrogens is 398 g/mol. The molecule has 0 spiro atoms. The molecule has 0 aliphatic rings. The van der Waals surface area contributed by atoms with E-state index in [1.807, 2.05) is 25.1 Å². The van der Waals surface area contributed by atoms with Crippen LogP contribution in [0.15, 0.2) is 58.5 Å². The van der Waals surface area contributed by atoms with Gasteiger partial charge in [0.1, 0.15) is 5.75 Å². The number of carbonyl (C=O) groups is 1. The summed E-state index contributed by atoms with van der Waals surface area (Å²) in [6.45, 7) is 1.89. The Hall–Kier alpha value is -2.77. The molecule has 1 amide bonds. The standard InChI is InChI=1S/C20H18ClN3O3S/c1-12-3-6-14(21)9-16(12)22-19(26)11-28-20-23-17(10-18(25)24-20)13-4-7-15(27-2)8-5-13/h3-10H,11H2,1-2H3,(H,22,26)(H,23,24,25). The molecule has 144 valence electrons. The molecule has 2 aromatic carbocycles. The summed E-state index contributed by atoms with van der Waals surface area (Å²) in [7, 11) is 1.59. The van der Waals surface area contributed by atoms with Gasteiger partial charge in [-0.25, -0.2) is 4.98 Å². The first-order valence-corrected chi connectivity index (χ1v) is 9.75. The van der Waals surface area contributed by atoms with Crippen molar-refractivity contribution in [2.45, 2.75) is 12.1 Å². The van der Waals surface area contributed by atoms with Gasteiger partial charge in [-0.15, -0.1) is 0 Å². The minimum absolute atomic E-state index is 0.0982. The van der Waals surface area contributed by atoms with Gasteiger partial charge < -0.3 is 15.0 Å². The molecule has 1 heterocycles. The van der Waals surface area contributed by atoms with Crippen molar-refractivity contribution < 1.29 is 9.53 Å². The number of halogens is 1. The van der Waals surface area contributed by atoms with Crippen LogP contribution in [-0.4, -0.2) is 28.7 Å². The number of nitrogens with one attached hydrogen (secondary N) is 2. The topological polar surface area (TPSA) is 84.1 Å². The highest BCUT2D eigenvalue weighted by molar-refractivity contribution is 7.99. The third kappa shape index (κ3) is 5.15. The van der Waals surface area contributed by atoms with Gasteiger partial charge in [-0.3, -0.25) is 9.59 Å². The van der Waals surface area contributed by atoms with Gasteiger partial charge in [-0.1, -0.05) is 29.4 Å². The van der Waals surface area contributed by atoms with Crippen molar-refractivity contribution in [3.8, 4) is 17.0 Å². The summed E-state index contributed by atoms with van der Waals surface area (Å²) in [4.78, 5) is 31.3. The summed E-state index contributed by atoms with van der Waals surface area (Å²) in [5.74, 6) is 0.602. The number of benzene rings is 2. The normalized spacial score (nSPS) is 10.5. The number of ether oxygens (including phenoxy) is 1. The Morgan fingerprint density at radius 2 is 1.96 bits per heavy atom. The van der Waals surface area contributed by atoms with E-state index in [0.717, 1.165) is 28.6 Å². The highest BCUT2D eigenvalue weighted by Crippen LogP contribution is 2.23. The number of amides is 1. The van der Waals surface area contributed by atoms with Crippen molar-refractivity contribution in [3.63, 3.8) is 0 Å². The molecule has 0 aliphatic heterocycles. The van der Waals surface area contributed by atoms with Gasteiger partial charge in [-0.05, 0) is 48.9 Å². The van der Waals surface area contributed by atoms with Gasteiger partial charge in [0.2, 0.25) is 5.91 Å². The molecule has 3 rings (SSSR count). The molecule has 0 atom stereocenters. The second kappa shape index (κ2) is 8.95. The Morgan fingerprint density at radius 1 is 1.21 bits per heavy atom. The largest absolute Gasteiger partial charge is 0.497 e. The lowest BCUT2D eigenvalue weighted by Gasteiger charge is -2.09. The maximum absolute atomic E-state index is 12.3. The van der Waals surface area contributed by atoms with E-state index in [4.69, 9.17) is 16.3 Å². The van der Waals surface area contributed by atoms with Crippen molar-refractivity contribution in [1.29, 1.82) is 0 Å². The number of rotatable bonds is 6. The summed E-state index contributed by atoms with van der Waals surface area (Å²) in [5.41, 5.74) is 2.60. The molecule has 0 saturated heterocycles. The molecule has 0 aliphatic carbocycles. The zero-order valence-corrected chi connectivity index (χ0v) is 16.9. The van der Waals surface area contributed by atoms with Crippen molar-refractivity contribution in [2.75, 3.05) is 18.2 Å². The molecule has 0 radical (unpaired) electrons. The number of anilines is 1. The number of aryl methyl sites for hydroxylation is 1. The predicted molar refractivity (Wildman–Crippen MR) is 112 cm³/mol. The lowest BCUT2D eigenvalue weighted by molar-refractivity contribution is -0.113. The third-order valence-electron chi connectivity index (χ3n) is 3.92. The van der Waals surface area contributed by atoms with Crippen LogP contribution in [-0.2, 0) is 4.79 Å². The summed E-state index contributed by atoms with van der Waals surface area (Å²) < 4.78 is 5.14. The van der Waals surface area contributed by atoms with Crippen LogP contribution in [0.5, 0.6) is 5.75 Å². The molecule has 0 fully saturated rings. The number of aromatic nitrogens is 2. The molecule has 0 saturated carbocycles. The zero-order valence-electron chi connectivity index (χ0n) is 15.3. The fourth-order valence-corrected chi connectivity index (χ4v) is 3.31. The second-order valence-corrected chi connectivity index (χ2v) is 7.36. The average molecular weight is 416 g/mol. The predicted octanol–water partition coefficient (Wildman–Crippen LogP) is 4.14. The van der Waals surface area contributed by atoms with Crippen LogP contribution < -0.4 is 15.6 Å². The SMILES string of the molecule is COc1ccc(-c2cc(=O)[nH]c(SCC(=O)Nc3cc(Cl)ccc3C)n2)cc1. The summed E-state index contributed by atoms with van der Waals surface area (Å²) in [6, 6.07) is 14.0. The molecule has 3 aromatic rings. The number of aromatic amines is 1. The third-order valence-corrected chi connectivity index (χ3v) is 5.03. The van der Waals surface area contributed by atoms with Gasteiger partial charge >= 0.3 is 0 Å². The second-order valence-electron chi connectivity index (χ2n) is 5.96. The molecule has 1 aromatic heterocycles. The number of H-pyrrole nitrogens is 1. The number of hydrogen-bond acceptors (Lipinski definition) is 5. The molecule has 8 heteroatoms. The molecule has 0 bridgehead atoms. The van der Waals surface area contributed by atoms with Crippen LogP contribution in [0.1, 0.15) is 5.56 Å². The zero-order chi connectivity index (χ0) is 20.1. The van der Waals surface area contributed by atoms with Crippen LogP contribution in [0, 0.1) is 6.92 Å². The van der Waals surface area contributed by atoms with E-state index in [1.165, 1.54) is 6.07 Å². The first-order chi connectivity index (χ1) is 13.4. The summed E-state index contributed by atoms with van der Waals surface area (Å²) in [6.07, 6.45) is 0. The fraction of sp³-hybridized carbons (Fsp3) is 0.150. The Bertz CT molecular complexity index is 1050. The van der Waals surface area contributed by atoms with Crippen molar-refractivity contribution in [3.05, 3.63) is 69.5 Å². The fourth-order valence-electron chi connectivity index (χ4n) is 2.46. The Labute approximate surface area is 171 Å². The molecular formula is C20H18ClN3O3S. The van der Waals surface area contributed by atoms with Gasteiger partial charge in [0, 0.05) is 22.3 Å². The highest BCUT2D eigenvalue weighted by atomic mass is 35.5. The lowest BCUT2D eigenvalue weighted by atomic mass is 10.1. The van der Waals surface area contributed by atoms with Crippen molar-refractivity contribution >= 4 is 35.0 Å². The van der Waals surface area contributed by atoms with E-state index in [9.17, 15) is 9.59 Å². The van der Waals surface area contributed by atoms with Gasteiger partial charge in [0.15, 0.2) is 5.16 Å².